The third-order valence-electron chi connectivity index (χ3n) is 4.44. The average molecular weight is 286 g/mol. The fraction of sp³-hybridized carbons (Fsp3) is 0.529. The molecule has 1 aliphatic heterocycles. The van der Waals surface area contributed by atoms with Crippen LogP contribution in [0, 0.1) is 5.41 Å². The molecule has 3 rings (SSSR count). The first-order valence-electron chi connectivity index (χ1n) is 7.68. The number of carbonyl (C=O) groups excluding carboxylic acids is 2. The topological polar surface area (TPSA) is 49.4 Å². The average Bonchev–Trinajstić information content (AvgIpc) is 3.15. The first kappa shape index (κ1) is 14.1. The van der Waals surface area contributed by atoms with Crippen LogP contribution < -0.4 is 10.2 Å². The zero-order chi connectivity index (χ0) is 15.2. The maximum atomic E-state index is 13.0. The minimum Gasteiger partial charge on any atom is -0.353 e. The maximum absolute atomic E-state index is 13.0. The monoisotopic (exact) mass is 286 g/mol. The predicted molar refractivity (Wildman–Crippen MR) is 82.0 cm³/mol. The zero-order valence-electron chi connectivity index (χ0n) is 12.8. The summed E-state index contributed by atoms with van der Waals surface area (Å²) in [5.41, 5.74) is 1.34. The second-order valence-electron chi connectivity index (χ2n) is 6.57. The Labute approximate surface area is 125 Å². The SMILES string of the molecule is CC(C)NC(=O)C1(C(=O)N2c3ccccc3CC2C)CC1. The molecule has 1 saturated carbocycles. The summed E-state index contributed by atoms with van der Waals surface area (Å²) in [4.78, 5) is 27.2. The van der Waals surface area contributed by atoms with E-state index in [-0.39, 0.29) is 23.9 Å². The molecule has 0 saturated heterocycles. The van der Waals surface area contributed by atoms with Gasteiger partial charge in [0.15, 0.2) is 0 Å². The lowest BCUT2D eigenvalue weighted by atomic mass is 10.0. The van der Waals surface area contributed by atoms with E-state index < -0.39 is 5.41 Å². The van der Waals surface area contributed by atoms with Gasteiger partial charge in [-0.05, 0) is 51.7 Å². The van der Waals surface area contributed by atoms with Gasteiger partial charge < -0.3 is 10.2 Å². The quantitative estimate of drug-likeness (QED) is 0.867. The van der Waals surface area contributed by atoms with Crippen molar-refractivity contribution in [2.75, 3.05) is 4.90 Å². The summed E-state index contributed by atoms with van der Waals surface area (Å²) >= 11 is 0. The summed E-state index contributed by atoms with van der Waals surface area (Å²) in [6.07, 6.45) is 2.19. The van der Waals surface area contributed by atoms with Crippen molar-refractivity contribution in [3.05, 3.63) is 29.8 Å². The van der Waals surface area contributed by atoms with Gasteiger partial charge in [-0.3, -0.25) is 9.59 Å². The number of hydrogen-bond donors (Lipinski definition) is 1. The van der Waals surface area contributed by atoms with Gasteiger partial charge in [0.05, 0.1) is 0 Å². The third-order valence-corrected chi connectivity index (χ3v) is 4.44. The number of anilines is 1. The maximum Gasteiger partial charge on any atom is 0.242 e. The minimum atomic E-state index is -0.823. The Morgan fingerprint density at radius 2 is 1.95 bits per heavy atom. The molecular weight excluding hydrogens is 264 g/mol. The van der Waals surface area contributed by atoms with Crippen molar-refractivity contribution in [2.45, 2.75) is 52.1 Å². The van der Waals surface area contributed by atoms with E-state index in [1.54, 1.807) is 0 Å². The van der Waals surface area contributed by atoms with Crippen LogP contribution in [0.15, 0.2) is 24.3 Å². The van der Waals surface area contributed by atoms with Crippen LogP contribution in [0.1, 0.15) is 39.2 Å². The number of rotatable bonds is 3. The molecule has 1 unspecified atom stereocenters. The van der Waals surface area contributed by atoms with Gasteiger partial charge in [0.1, 0.15) is 5.41 Å². The third kappa shape index (κ3) is 2.23. The van der Waals surface area contributed by atoms with E-state index in [0.717, 1.165) is 12.1 Å². The number of para-hydroxylation sites is 1. The van der Waals surface area contributed by atoms with Gasteiger partial charge in [-0.25, -0.2) is 0 Å². The molecule has 1 fully saturated rings. The lowest BCUT2D eigenvalue weighted by molar-refractivity contribution is -0.136. The molecule has 2 amide bonds. The molecule has 21 heavy (non-hydrogen) atoms. The fourth-order valence-corrected chi connectivity index (χ4v) is 3.17. The number of hydrogen-bond acceptors (Lipinski definition) is 2. The van der Waals surface area contributed by atoms with Gasteiger partial charge in [0, 0.05) is 17.8 Å². The summed E-state index contributed by atoms with van der Waals surface area (Å²) in [6.45, 7) is 5.90. The van der Waals surface area contributed by atoms with Crippen LogP contribution in [-0.4, -0.2) is 23.9 Å². The molecule has 4 heteroatoms. The van der Waals surface area contributed by atoms with E-state index in [0.29, 0.717) is 12.8 Å². The van der Waals surface area contributed by atoms with E-state index in [4.69, 9.17) is 0 Å². The molecule has 0 bridgehead atoms. The van der Waals surface area contributed by atoms with Crippen molar-refractivity contribution in [1.29, 1.82) is 0 Å². The second-order valence-corrected chi connectivity index (χ2v) is 6.57. The van der Waals surface area contributed by atoms with Crippen molar-refractivity contribution in [3.8, 4) is 0 Å². The number of nitrogens with one attached hydrogen (secondary N) is 1. The van der Waals surface area contributed by atoms with Gasteiger partial charge in [0.2, 0.25) is 11.8 Å². The summed E-state index contributed by atoms with van der Waals surface area (Å²) in [7, 11) is 0. The highest BCUT2D eigenvalue weighted by molar-refractivity contribution is 6.15. The van der Waals surface area contributed by atoms with Crippen LogP contribution in [0.25, 0.3) is 0 Å². The minimum absolute atomic E-state index is 0.0295. The molecule has 1 aromatic rings. The Morgan fingerprint density at radius 3 is 2.57 bits per heavy atom. The lowest BCUT2D eigenvalue weighted by Crippen LogP contribution is -2.48. The van der Waals surface area contributed by atoms with Crippen LogP contribution >= 0.6 is 0 Å². The Bertz CT molecular complexity index is 590. The summed E-state index contributed by atoms with van der Waals surface area (Å²) in [5, 5.41) is 2.90. The van der Waals surface area contributed by atoms with Gasteiger partial charge in [0.25, 0.3) is 0 Å². The predicted octanol–water partition coefficient (Wildman–Crippen LogP) is 2.27. The Balaban J connectivity index is 1.88. The second kappa shape index (κ2) is 4.86. The van der Waals surface area contributed by atoms with Gasteiger partial charge in [-0.1, -0.05) is 18.2 Å². The van der Waals surface area contributed by atoms with Gasteiger partial charge >= 0.3 is 0 Å². The molecule has 1 N–H and O–H groups in total. The lowest BCUT2D eigenvalue weighted by Gasteiger charge is -2.27. The smallest absolute Gasteiger partial charge is 0.242 e. The first-order chi connectivity index (χ1) is 9.95. The van der Waals surface area contributed by atoms with Crippen molar-refractivity contribution in [3.63, 3.8) is 0 Å². The Kier molecular flexibility index (Phi) is 3.27. The number of benzene rings is 1. The van der Waals surface area contributed by atoms with E-state index in [2.05, 4.69) is 11.4 Å². The van der Waals surface area contributed by atoms with Crippen LogP contribution in [0.4, 0.5) is 5.69 Å². The van der Waals surface area contributed by atoms with Crippen LogP contribution in [0.3, 0.4) is 0 Å². The van der Waals surface area contributed by atoms with E-state index in [1.165, 1.54) is 5.56 Å². The van der Waals surface area contributed by atoms with E-state index in [9.17, 15) is 9.59 Å². The molecule has 2 aliphatic rings. The molecule has 0 radical (unpaired) electrons. The number of amides is 2. The van der Waals surface area contributed by atoms with E-state index >= 15 is 0 Å². The summed E-state index contributed by atoms with van der Waals surface area (Å²) < 4.78 is 0. The highest BCUT2D eigenvalue weighted by Gasteiger charge is 2.59. The van der Waals surface area contributed by atoms with Crippen molar-refractivity contribution >= 4 is 17.5 Å². The highest BCUT2D eigenvalue weighted by atomic mass is 16.2. The molecule has 1 atom stereocenters. The molecule has 1 aromatic carbocycles. The Morgan fingerprint density at radius 1 is 1.29 bits per heavy atom. The highest BCUT2D eigenvalue weighted by Crippen LogP contribution is 2.50. The summed E-state index contributed by atoms with van der Waals surface area (Å²) in [6, 6.07) is 8.17. The molecule has 1 aliphatic carbocycles. The van der Waals surface area contributed by atoms with Gasteiger partial charge in [-0.2, -0.15) is 0 Å². The molecular formula is C17H22N2O2. The van der Waals surface area contributed by atoms with Crippen molar-refractivity contribution in [2.24, 2.45) is 5.41 Å². The Hall–Kier alpha value is -1.84. The van der Waals surface area contributed by atoms with E-state index in [1.807, 2.05) is 43.9 Å². The molecule has 1 heterocycles. The number of carbonyl (C=O) groups is 2. The van der Waals surface area contributed by atoms with Crippen molar-refractivity contribution < 1.29 is 9.59 Å². The number of fused-ring (bicyclic) bond motifs is 1. The molecule has 4 nitrogen and oxygen atoms in total. The first-order valence-corrected chi connectivity index (χ1v) is 7.68. The largest absolute Gasteiger partial charge is 0.353 e. The van der Waals surface area contributed by atoms with Crippen LogP contribution in [-0.2, 0) is 16.0 Å². The van der Waals surface area contributed by atoms with Crippen LogP contribution in [0.2, 0.25) is 0 Å². The molecule has 0 aromatic heterocycles. The molecule has 0 spiro atoms. The normalized spacial score (nSPS) is 22.1. The molecule has 112 valence electrons. The zero-order valence-corrected chi connectivity index (χ0v) is 12.8. The van der Waals surface area contributed by atoms with Crippen LogP contribution in [0.5, 0.6) is 0 Å². The van der Waals surface area contributed by atoms with Crippen molar-refractivity contribution in [1.82, 2.24) is 5.32 Å². The summed E-state index contributed by atoms with van der Waals surface area (Å²) in [5.74, 6) is -0.141. The standard InChI is InChI=1S/C17H22N2O2/c1-11(2)18-15(20)17(8-9-17)16(21)19-12(3)10-13-6-4-5-7-14(13)19/h4-7,11-12H,8-10H2,1-3H3,(H,18,20). The number of nitrogens with zero attached hydrogens (tertiary/aromatic N) is 1. The van der Waals surface area contributed by atoms with Gasteiger partial charge in [-0.15, -0.1) is 0 Å². The fourth-order valence-electron chi connectivity index (χ4n) is 3.17.